The Morgan fingerprint density at radius 2 is 2.11 bits per heavy atom. The van der Waals surface area contributed by atoms with Crippen molar-refractivity contribution in [2.75, 3.05) is 32.5 Å². The molecule has 18 heavy (non-hydrogen) atoms. The van der Waals surface area contributed by atoms with Crippen LogP contribution in [-0.2, 0) is 14.8 Å². The maximum atomic E-state index is 12.3. The highest BCUT2D eigenvalue weighted by atomic mass is 35.5. The number of hydrogen-bond donors (Lipinski definition) is 1. The third-order valence-electron chi connectivity index (χ3n) is 2.42. The Morgan fingerprint density at radius 1 is 1.44 bits per heavy atom. The van der Waals surface area contributed by atoms with Crippen LogP contribution < -0.4 is 5.73 Å². The fourth-order valence-corrected chi connectivity index (χ4v) is 3.19. The van der Waals surface area contributed by atoms with Crippen molar-refractivity contribution in [1.29, 1.82) is 0 Å². The summed E-state index contributed by atoms with van der Waals surface area (Å²) in [6.07, 6.45) is 0. The lowest BCUT2D eigenvalue weighted by Crippen LogP contribution is -2.31. The van der Waals surface area contributed by atoms with Crippen molar-refractivity contribution in [3.8, 4) is 0 Å². The molecule has 7 heteroatoms. The predicted molar refractivity (Wildman–Crippen MR) is 72.2 cm³/mol. The van der Waals surface area contributed by atoms with Gasteiger partial charge in [0.15, 0.2) is 0 Å². The van der Waals surface area contributed by atoms with Crippen LogP contribution in [0, 0.1) is 0 Å². The van der Waals surface area contributed by atoms with E-state index in [9.17, 15) is 8.42 Å². The van der Waals surface area contributed by atoms with Gasteiger partial charge in [0, 0.05) is 20.2 Å². The van der Waals surface area contributed by atoms with Gasteiger partial charge in [0.05, 0.1) is 17.3 Å². The number of nitrogens with two attached hydrogens (primary N) is 1. The van der Waals surface area contributed by atoms with E-state index >= 15 is 0 Å². The molecule has 0 bridgehead atoms. The summed E-state index contributed by atoms with van der Waals surface area (Å²) in [6.45, 7) is 2.97. The molecule has 1 aromatic carbocycles. The lowest BCUT2D eigenvalue weighted by atomic mass is 10.3. The zero-order chi connectivity index (χ0) is 13.8. The van der Waals surface area contributed by atoms with E-state index in [1.807, 2.05) is 6.92 Å². The number of nitrogens with zero attached hydrogens (tertiary/aromatic N) is 1. The van der Waals surface area contributed by atoms with Crippen molar-refractivity contribution in [2.45, 2.75) is 11.8 Å². The number of rotatable bonds is 6. The summed E-state index contributed by atoms with van der Waals surface area (Å²) in [6, 6.07) is 4.62. The Bertz CT molecular complexity index is 485. The second-order valence-corrected chi connectivity index (χ2v) is 6.07. The molecule has 0 radical (unpaired) electrons. The first kappa shape index (κ1) is 15.2. The molecule has 0 aliphatic carbocycles. The van der Waals surface area contributed by atoms with Gasteiger partial charge in [-0.2, -0.15) is 4.31 Å². The monoisotopic (exact) mass is 292 g/mol. The summed E-state index contributed by atoms with van der Waals surface area (Å²) in [5.41, 5.74) is 5.82. The van der Waals surface area contributed by atoms with Gasteiger partial charge >= 0.3 is 0 Å². The molecule has 0 unspecified atom stereocenters. The standard InChI is InChI=1S/C11H17ClN2O3S/c1-3-17-8-7-14(2)18(15,16)11-9(12)5-4-6-10(11)13/h4-6H,3,7-8,13H2,1-2H3. The SMILES string of the molecule is CCOCCN(C)S(=O)(=O)c1c(N)cccc1Cl. The normalized spacial score (nSPS) is 12.0. The molecule has 0 spiro atoms. The lowest BCUT2D eigenvalue weighted by Gasteiger charge is -2.18. The van der Waals surface area contributed by atoms with E-state index in [1.54, 1.807) is 6.07 Å². The Labute approximate surface area is 113 Å². The average Bonchev–Trinajstić information content (AvgIpc) is 2.28. The van der Waals surface area contributed by atoms with Crippen LogP contribution in [0.1, 0.15) is 6.92 Å². The van der Waals surface area contributed by atoms with Gasteiger partial charge in [0.1, 0.15) is 4.90 Å². The van der Waals surface area contributed by atoms with E-state index in [0.717, 1.165) is 0 Å². The Kier molecular flexibility index (Phi) is 5.40. The number of anilines is 1. The zero-order valence-corrected chi connectivity index (χ0v) is 12.0. The van der Waals surface area contributed by atoms with E-state index in [0.29, 0.717) is 13.2 Å². The molecule has 0 atom stereocenters. The van der Waals surface area contributed by atoms with Crippen molar-refractivity contribution in [3.05, 3.63) is 23.2 Å². The number of hydrogen-bond acceptors (Lipinski definition) is 4. The minimum absolute atomic E-state index is 0.0503. The maximum Gasteiger partial charge on any atom is 0.246 e. The van der Waals surface area contributed by atoms with Gasteiger partial charge in [0.2, 0.25) is 10.0 Å². The average molecular weight is 293 g/mol. The van der Waals surface area contributed by atoms with Gasteiger partial charge in [-0.15, -0.1) is 0 Å². The fourth-order valence-electron chi connectivity index (χ4n) is 1.41. The number of sulfonamides is 1. The number of nitrogen functional groups attached to an aromatic ring is 1. The van der Waals surface area contributed by atoms with Crippen LogP contribution in [0.25, 0.3) is 0 Å². The highest BCUT2D eigenvalue weighted by Crippen LogP contribution is 2.29. The van der Waals surface area contributed by atoms with Gasteiger partial charge in [0.25, 0.3) is 0 Å². The van der Waals surface area contributed by atoms with Crippen LogP contribution in [0.3, 0.4) is 0 Å². The molecule has 5 nitrogen and oxygen atoms in total. The first-order chi connectivity index (χ1) is 8.41. The van der Waals surface area contributed by atoms with Crippen molar-refractivity contribution >= 4 is 27.3 Å². The molecule has 0 aliphatic heterocycles. The van der Waals surface area contributed by atoms with Crippen LogP contribution in [0.2, 0.25) is 5.02 Å². The second-order valence-electron chi connectivity index (χ2n) is 3.68. The van der Waals surface area contributed by atoms with Gasteiger partial charge < -0.3 is 10.5 Å². The third kappa shape index (κ3) is 3.35. The predicted octanol–water partition coefficient (Wildman–Crippen LogP) is 1.58. The molecule has 2 N–H and O–H groups in total. The Balaban J connectivity index is 2.99. The molecule has 102 valence electrons. The Hall–Kier alpha value is -0.820. The lowest BCUT2D eigenvalue weighted by molar-refractivity contribution is 0.138. The number of halogens is 1. The number of benzene rings is 1. The minimum atomic E-state index is -3.68. The van der Waals surface area contributed by atoms with E-state index < -0.39 is 10.0 Å². The van der Waals surface area contributed by atoms with E-state index in [1.165, 1.54) is 23.5 Å². The summed E-state index contributed by atoms with van der Waals surface area (Å²) in [5.74, 6) is 0. The largest absolute Gasteiger partial charge is 0.398 e. The molecule has 1 rings (SSSR count). The molecule has 0 aromatic heterocycles. The van der Waals surface area contributed by atoms with Crippen molar-refractivity contribution in [1.82, 2.24) is 4.31 Å². The second kappa shape index (κ2) is 6.38. The van der Waals surface area contributed by atoms with Crippen molar-refractivity contribution < 1.29 is 13.2 Å². The molecule has 0 saturated heterocycles. The van der Waals surface area contributed by atoms with Gasteiger partial charge in [-0.05, 0) is 19.1 Å². The minimum Gasteiger partial charge on any atom is -0.398 e. The molecule has 0 heterocycles. The third-order valence-corrected chi connectivity index (χ3v) is 4.82. The zero-order valence-electron chi connectivity index (χ0n) is 10.4. The van der Waals surface area contributed by atoms with Gasteiger partial charge in [-0.1, -0.05) is 17.7 Å². The van der Waals surface area contributed by atoms with Gasteiger partial charge in [-0.3, -0.25) is 0 Å². The summed E-state index contributed by atoms with van der Waals surface area (Å²) >= 11 is 5.90. The maximum absolute atomic E-state index is 12.3. The quantitative estimate of drug-likeness (QED) is 0.638. The van der Waals surface area contributed by atoms with Crippen molar-refractivity contribution in [2.24, 2.45) is 0 Å². The molecule has 0 fully saturated rings. The van der Waals surface area contributed by atoms with Crippen LogP contribution >= 0.6 is 11.6 Å². The highest BCUT2D eigenvalue weighted by molar-refractivity contribution is 7.89. The van der Waals surface area contributed by atoms with Crippen LogP contribution in [0.15, 0.2) is 23.1 Å². The summed E-state index contributed by atoms with van der Waals surface area (Å²) in [4.78, 5) is -0.0503. The topological polar surface area (TPSA) is 72.6 Å². The first-order valence-electron chi connectivity index (χ1n) is 5.49. The van der Waals surface area contributed by atoms with E-state index in [2.05, 4.69) is 0 Å². The Morgan fingerprint density at radius 3 is 2.67 bits per heavy atom. The molecule has 1 aromatic rings. The van der Waals surface area contributed by atoms with Crippen LogP contribution in [-0.4, -0.2) is 39.5 Å². The smallest absolute Gasteiger partial charge is 0.246 e. The molecular formula is C11H17ClN2O3S. The molecule has 0 amide bonds. The summed E-state index contributed by atoms with van der Waals surface area (Å²) < 4.78 is 30.9. The van der Waals surface area contributed by atoms with Crippen LogP contribution in [0.5, 0.6) is 0 Å². The molecule has 0 aliphatic rings. The summed E-state index contributed by atoms with van der Waals surface area (Å²) in [5, 5.41) is 0.123. The van der Waals surface area contributed by atoms with Crippen molar-refractivity contribution in [3.63, 3.8) is 0 Å². The highest BCUT2D eigenvalue weighted by Gasteiger charge is 2.25. The first-order valence-corrected chi connectivity index (χ1v) is 7.31. The molecule has 0 saturated carbocycles. The molecular weight excluding hydrogens is 276 g/mol. The van der Waals surface area contributed by atoms with Gasteiger partial charge in [-0.25, -0.2) is 8.42 Å². The van der Waals surface area contributed by atoms with Crippen LogP contribution in [0.4, 0.5) is 5.69 Å². The number of likely N-dealkylation sites (N-methyl/N-ethyl adjacent to an activating group) is 1. The summed E-state index contributed by atoms with van der Waals surface area (Å²) in [7, 11) is -2.22. The number of ether oxygens (including phenoxy) is 1. The fraction of sp³-hybridized carbons (Fsp3) is 0.455. The van der Waals surface area contributed by atoms with E-state index in [4.69, 9.17) is 22.1 Å². The van der Waals surface area contributed by atoms with E-state index in [-0.39, 0.29) is 22.2 Å².